The molecule has 0 unspecified atom stereocenters. The van der Waals surface area contributed by atoms with Crippen LogP contribution in [0.25, 0.3) is 11.3 Å². The van der Waals surface area contributed by atoms with Crippen molar-refractivity contribution in [2.45, 2.75) is 19.9 Å². The molecule has 0 aliphatic rings. The third-order valence-electron chi connectivity index (χ3n) is 4.29. The van der Waals surface area contributed by atoms with Crippen LogP contribution in [0, 0.1) is 0 Å². The third kappa shape index (κ3) is 4.31. The summed E-state index contributed by atoms with van der Waals surface area (Å²) < 4.78 is 6.97. The minimum atomic E-state index is -0.0248. The molecule has 7 nitrogen and oxygen atoms in total. The van der Waals surface area contributed by atoms with Crippen LogP contribution in [-0.4, -0.2) is 44.2 Å². The van der Waals surface area contributed by atoms with Gasteiger partial charge in [-0.15, -0.1) is 10.2 Å². The van der Waals surface area contributed by atoms with E-state index in [1.165, 1.54) is 0 Å². The molecule has 3 rings (SSSR count). The molecule has 0 aliphatic carbocycles. The van der Waals surface area contributed by atoms with Crippen molar-refractivity contribution in [3.05, 3.63) is 60.2 Å². The number of rotatable bonds is 7. The quantitative estimate of drug-likeness (QED) is 0.644. The summed E-state index contributed by atoms with van der Waals surface area (Å²) in [4.78, 5) is 19.2. The average Bonchev–Trinajstić information content (AvgIpc) is 3.12. The van der Waals surface area contributed by atoms with Crippen molar-refractivity contribution < 1.29 is 9.53 Å². The Morgan fingerprint density at radius 2 is 2.07 bits per heavy atom. The van der Waals surface area contributed by atoms with Gasteiger partial charge < -0.3 is 14.2 Å². The van der Waals surface area contributed by atoms with Gasteiger partial charge in [-0.2, -0.15) is 0 Å². The smallest absolute Gasteiger partial charge is 0.254 e. The van der Waals surface area contributed by atoms with Gasteiger partial charge in [-0.1, -0.05) is 19.1 Å². The zero-order valence-electron chi connectivity index (χ0n) is 15.8. The number of hydrogen-bond acceptors (Lipinski definition) is 5. The van der Waals surface area contributed by atoms with Gasteiger partial charge in [0.05, 0.1) is 19.3 Å². The van der Waals surface area contributed by atoms with E-state index >= 15 is 0 Å². The number of aryl methyl sites for hydroxylation is 1. The molecule has 0 saturated carbocycles. The lowest BCUT2D eigenvalue weighted by atomic mass is 10.1. The molecule has 3 aromatic rings. The molecule has 0 aliphatic heterocycles. The SMILES string of the molecule is CCCN(Cc1nccn1C)C(=O)c1cccc(-c2ccc(OC)nn2)c1. The lowest BCUT2D eigenvalue weighted by molar-refractivity contribution is 0.0737. The molecule has 27 heavy (non-hydrogen) atoms. The van der Waals surface area contributed by atoms with Crippen LogP contribution in [0.15, 0.2) is 48.8 Å². The van der Waals surface area contributed by atoms with Crippen LogP contribution in [0.2, 0.25) is 0 Å². The van der Waals surface area contributed by atoms with Crippen molar-refractivity contribution in [2.75, 3.05) is 13.7 Å². The second kappa shape index (κ2) is 8.44. The molecule has 7 heteroatoms. The Balaban J connectivity index is 1.84. The Bertz CT molecular complexity index is 905. The average molecular weight is 365 g/mol. The molecule has 140 valence electrons. The van der Waals surface area contributed by atoms with Crippen LogP contribution < -0.4 is 4.74 Å². The summed E-state index contributed by atoms with van der Waals surface area (Å²) in [7, 11) is 3.48. The van der Waals surface area contributed by atoms with Gasteiger partial charge in [-0.05, 0) is 24.6 Å². The lowest BCUT2D eigenvalue weighted by Gasteiger charge is -2.22. The molecule has 2 heterocycles. The molecule has 0 atom stereocenters. The number of amides is 1. The number of aromatic nitrogens is 4. The van der Waals surface area contributed by atoms with Crippen molar-refractivity contribution in [3.63, 3.8) is 0 Å². The topological polar surface area (TPSA) is 73.1 Å². The van der Waals surface area contributed by atoms with Crippen LogP contribution in [0.1, 0.15) is 29.5 Å². The first-order valence-corrected chi connectivity index (χ1v) is 8.86. The first-order chi connectivity index (χ1) is 13.1. The van der Waals surface area contributed by atoms with Crippen LogP contribution >= 0.6 is 0 Å². The summed E-state index contributed by atoms with van der Waals surface area (Å²) in [5, 5.41) is 8.15. The predicted molar refractivity (Wildman–Crippen MR) is 102 cm³/mol. The first-order valence-electron chi connectivity index (χ1n) is 8.86. The van der Waals surface area contributed by atoms with Crippen LogP contribution in [-0.2, 0) is 13.6 Å². The zero-order valence-corrected chi connectivity index (χ0v) is 15.8. The summed E-state index contributed by atoms with van der Waals surface area (Å²) in [6.45, 7) is 3.20. The fourth-order valence-corrected chi connectivity index (χ4v) is 2.82. The van der Waals surface area contributed by atoms with Gasteiger partial charge in [-0.25, -0.2) is 4.98 Å². The van der Waals surface area contributed by atoms with Crippen molar-refractivity contribution in [2.24, 2.45) is 7.05 Å². The molecule has 0 radical (unpaired) electrons. The largest absolute Gasteiger partial charge is 0.480 e. The van der Waals surface area contributed by atoms with E-state index in [4.69, 9.17) is 4.74 Å². The molecule has 0 fully saturated rings. The second-order valence-corrected chi connectivity index (χ2v) is 6.22. The number of benzene rings is 1. The summed E-state index contributed by atoms with van der Waals surface area (Å²) in [5.41, 5.74) is 2.15. The second-order valence-electron chi connectivity index (χ2n) is 6.22. The zero-order chi connectivity index (χ0) is 19.2. The molecule has 1 amide bonds. The van der Waals surface area contributed by atoms with Gasteiger partial charge in [0, 0.05) is 43.2 Å². The summed E-state index contributed by atoms with van der Waals surface area (Å²) in [6.07, 6.45) is 4.50. The summed E-state index contributed by atoms with van der Waals surface area (Å²) in [6, 6.07) is 11.0. The van der Waals surface area contributed by atoms with Gasteiger partial charge >= 0.3 is 0 Å². The number of carbonyl (C=O) groups is 1. The van der Waals surface area contributed by atoms with Gasteiger partial charge in [0.1, 0.15) is 5.82 Å². The first kappa shape index (κ1) is 18.6. The highest BCUT2D eigenvalue weighted by Crippen LogP contribution is 2.20. The Labute approximate surface area is 158 Å². The number of imidazole rings is 1. The fraction of sp³-hybridized carbons (Fsp3) is 0.300. The monoisotopic (exact) mass is 365 g/mol. The van der Waals surface area contributed by atoms with Crippen LogP contribution in [0.5, 0.6) is 5.88 Å². The molecular formula is C20H23N5O2. The highest BCUT2D eigenvalue weighted by molar-refractivity contribution is 5.95. The Morgan fingerprint density at radius 1 is 1.22 bits per heavy atom. The number of methoxy groups -OCH3 is 1. The lowest BCUT2D eigenvalue weighted by Crippen LogP contribution is -2.32. The fourth-order valence-electron chi connectivity index (χ4n) is 2.82. The highest BCUT2D eigenvalue weighted by Gasteiger charge is 2.18. The summed E-state index contributed by atoms with van der Waals surface area (Å²) in [5.74, 6) is 1.28. The molecule has 0 bridgehead atoms. The van der Waals surface area contributed by atoms with Gasteiger partial charge in [0.15, 0.2) is 0 Å². The number of nitrogens with zero attached hydrogens (tertiary/aromatic N) is 5. The van der Waals surface area contributed by atoms with Crippen molar-refractivity contribution in [1.29, 1.82) is 0 Å². The Kier molecular flexibility index (Phi) is 5.80. The van der Waals surface area contributed by atoms with E-state index < -0.39 is 0 Å². The molecule has 2 aromatic heterocycles. The van der Waals surface area contributed by atoms with Crippen molar-refractivity contribution in [3.8, 4) is 17.1 Å². The van der Waals surface area contributed by atoms with E-state index in [-0.39, 0.29) is 5.91 Å². The van der Waals surface area contributed by atoms with E-state index in [2.05, 4.69) is 22.1 Å². The van der Waals surface area contributed by atoms with Gasteiger partial charge in [0.2, 0.25) is 5.88 Å². The van der Waals surface area contributed by atoms with E-state index in [9.17, 15) is 4.79 Å². The highest BCUT2D eigenvalue weighted by atomic mass is 16.5. The minimum Gasteiger partial charge on any atom is -0.480 e. The molecule has 1 aromatic carbocycles. The van der Waals surface area contributed by atoms with E-state index in [1.54, 1.807) is 19.4 Å². The predicted octanol–water partition coefficient (Wildman–Crippen LogP) is 2.94. The number of hydrogen-bond donors (Lipinski definition) is 0. The summed E-state index contributed by atoms with van der Waals surface area (Å²) >= 11 is 0. The Morgan fingerprint density at radius 3 is 2.70 bits per heavy atom. The molecule has 0 N–H and O–H groups in total. The normalized spacial score (nSPS) is 10.6. The van der Waals surface area contributed by atoms with E-state index in [1.807, 2.05) is 53.0 Å². The van der Waals surface area contributed by atoms with Crippen LogP contribution in [0.4, 0.5) is 0 Å². The maximum absolute atomic E-state index is 13.1. The molecular weight excluding hydrogens is 342 g/mol. The maximum atomic E-state index is 13.1. The Hall–Kier alpha value is -3.22. The van der Waals surface area contributed by atoms with E-state index in [0.717, 1.165) is 17.8 Å². The van der Waals surface area contributed by atoms with Gasteiger partial charge in [0.25, 0.3) is 5.91 Å². The number of carbonyl (C=O) groups excluding carboxylic acids is 1. The van der Waals surface area contributed by atoms with E-state index in [0.29, 0.717) is 30.2 Å². The van der Waals surface area contributed by atoms with Crippen molar-refractivity contribution >= 4 is 5.91 Å². The maximum Gasteiger partial charge on any atom is 0.254 e. The minimum absolute atomic E-state index is 0.0248. The van der Waals surface area contributed by atoms with Crippen molar-refractivity contribution in [1.82, 2.24) is 24.6 Å². The standard InChI is InChI=1S/C20H23N5O2/c1-4-11-25(14-18-21-10-12-24(18)2)20(26)16-7-5-6-15(13-16)17-8-9-19(27-3)23-22-17/h5-10,12-13H,4,11,14H2,1-3H3. The number of ether oxygens (including phenoxy) is 1. The third-order valence-corrected chi connectivity index (χ3v) is 4.29. The molecule has 0 saturated heterocycles. The molecule has 0 spiro atoms. The van der Waals surface area contributed by atoms with Crippen LogP contribution in [0.3, 0.4) is 0 Å². The van der Waals surface area contributed by atoms with Gasteiger partial charge in [-0.3, -0.25) is 4.79 Å².